The zero-order valence-electron chi connectivity index (χ0n) is 10.7. The zero-order valence-corrected chi connectivity index (χ0v) is 11.5. The summed E-state index contributed by atoms with van der Waals surface area (Å²) >= 11 is 6.09. The molecule has 1 unspecified atom stereocenters. The van der Waals surface area contributed by atoms with Crippen molar-refractivity contribution in [2.45, 2.75) is 25.8 Å². The highest BCUT2D eigenvalue weighted by Crippen LogP contribution is 2.25. The molecule has 0 fully saturated rings. The minimum absolute atomic E-state index is 0.224. The van der Waals surface area contributed by atoms with Crippen LogP contribution in [0.3, 0.4) is 0 Å². The fourth-order valence-electron chi connectivity index (χ4n) is 1.55. The molecule has 5 heteroatoms. The van der Waals surface area contributed by atoms with Gasteiger partial charge in [0.05, 0.1) is 16.8 Å². The first-order chi connectivity index (χ1) is 8.56. The Morgan fingerprint density at radius 3 is 2.94 bits per heavy atom. The molecule has 1 atom stereocenters. The highest BCUT2D eigenvalue weighted by molar-refractivity contribution is 6.34. The molecule has 0 aliphatic rings. The monoisotopic (exact) mass is 270 g/mol. The maximum absolute atomic E-state index is 11.8. The van der Waals surface area contributed by atoms with Gasteiger partial charge in [-0.3, -0.25) is 4.79 Å². The van der Waals surface area contributed by atoms with Crippen LogP contribution in [0, 0.1) is 6.92 Å². The molecule has 0 radical (unpaired) electrons. The SMILES string of the molecule is COCCCC(N)C(=O)Nc1cccc(C)c1Cl. The van der Waals surface area contributed by atoms with Crippen LogP contribution in [-0.2, 0) is 9.53 Å². The summed E-state index contributed by atoms with van der Waals surface area (Å²) in [6, 6.07) is 4.94. The molecule has 1 aromatic carbocycles. The second-order valence-corrected chi connectivity index (χ2v) is 4.55. The number of carbonyl (C=O) groups excluding carboxylic acids is 1. The van der Waals surface area contributed by atoms with Gasteiger partial charge < -0.3 is 15.8 Å². The van der Waals surface area contributed by atoms with Crippen LogP contribution < -0.4 is 11.1 Å². The largest absolute Gasteiger partial charge is 0.385 e. The van der Waals surface area contributed by atoms with E-state index in [2.05, 4.69) is 5.32 Å². The Bertz CT molecular complexity index is 410. The van der Waals surface area contributed by atoms with E-state index in [1.54, 1.807) is 13.2 Å². The molecule has 0 spiro atoms. The van der Waals surface area contributed by atoms with Crippen LogP contribution in [-0.4, -0.2) is 25.7 Å². The van der Waals surface area contributed by atoms with Gasteiger partial charge in [-0.15, -0.1) is 0 Å². The number of nitrogens with two attached hydrogens (primary N) is 1. The molecule has 0 bridgehead atoms. The van der Waals surface area contributed by atoms with Crippen molar-refractivity contribution >= 4 is 23.2 Å². The van der Waals surface area contributed by atoms with Gasteiger partial charge >= 0.3 is 0 Å². The Balaban J connectivity index is 2.56. The van der Waals surface area contributed by atoms with Gasteiger partial charge in [0.2, 0.25) is 5.91 Å². The zero-order chi connectivity index (χ0) is 13.5. The number of rotatable bonds is 6. The molecular weight excluding hydrogens is 252 g/mol. The predicted molar refractivity (Wildman–Crippen MR) is 73.9 cm³/mol. The van der Waals surface area contributed by atoms with Crippen LogP contribution in [0.4, 0.5) is 5.69 Å². The normalized spacial score (nSPS) is 12.2. The molecule has 0 aliphatic heterocycles. The van der Waals surface area contributed by atoms with Crippen molar-refractivity contribution in [3.8, 4) is 0 Å². The number of carbonyl (C=O) groups is 1. The maximum Gasteiger partial charge on any atom is 0.241 e. The molecule has 1 amide bonds. The van der Waals surface area contributed by atoms with E-state index < -0.39 is 6.04 Å². The number of halogens is 1. The van der Waals surface area contributed by atoms with E-state index in [0.717, 1.165) is 12.0 Å². The fourth-order valence-corrected chi connectivity index (χ4v) is 1.72. The third kappa shape index (κ3) is 4.29. The molecule has 0 aromatic heterocycles. The third-order valence-corrected chi connectivity index (χ3v) is 3.15. The van der Waals surface area contributed by atoms with E-state index in [0.29, 0.717) is 23.7 Å². The van der Waals surface area contributed by atoms with Crippen molar-refractivity contribution in [1.82, 2.24) is 0 Å². The number of ether oxygens (including phenoxy) is 1. The lowest BCUT2D eigenvalue weighted by atomic mass is 10.1. The molecule has 0 saturated carbocycles. The number of amides is 1. The average Bonchev–Trinajstić information content (AvgIpc) is 2.35. The smallest absolute Gasteiger partial charge is 0.241 e. The van der Waals surface area contributed by atoms with Crippen molar-refractivity contribution in [2.24, 2.45) is 5.73 Å². The molecule has 100 valence electrons. The number of benzene rings is 1. The van der Waals surface area contributed by atoms with Gasteiger partial charge in [0.15, 0.2) is 0 Å². The predicted octanol–water partition coefficient (Wildman–Crippen LogP) is 2.34. The van der Waals surface area contributed by atoms with E-state index in [9.17, 15) is 4.79 Å². The molecule has 18 heavy (non-hydrogen) atoms. The molecule has 0 heterocycles. The van der Waals surface area contributed by atoms with Gasteiger partial charge in [-0.05, 0) is 31.4 Å². The molecule has 0 aliphatic carbocycles. The van der Waals surface area contributed by atoms with Crippen molar-refractivity contribution in [3.05, 3.63) is 28.8 Å². The average molecular weight is 271 g/mol. The van der Waals surface area contributed by atoms with Gasteiger partial charge in [-0.2, -0.15) is 0 Å². The summed E-state index contributed by atoms with van der Waals surface area (Å²) in [5.41, 5.74) is 7.30. The molecule has 3 N–H and O–H groups in total. The lowest BCUT2D eigenvalue weighted by Crippen LogP contribution is -2.35. The van der Waals surface area contributed by atoms with Crippen molar-refractivity contribution in [3.63, 3.8) is 0 Å². The highest BCUT2D eigenvalue weighted by Gasteiger charge is 2.14. The molecule has 4 nitrogen and oxygen atoms in total. The lowest BCUT2D eigenvalue weighted by molar-refractivity contribution is -0.117. The Labute approximate surface area is 112 Å². The topological polar surface area (TPSA) is 64.3 Å². The number of anilines is 1. The molecule has 1 rings (SSSR count). The Hall–Kier alpha value is -1.10. The second kappa shape index (κ2) is 7.36. The van der Waals surface area contributed by atoms with Crippen LogP contribution in [0.25, 0.3) is 0 Å². The number of nitrogens with one attached hydrogen (secondary N) is 1. The molecular formula is C13H19ClN2O2. The lowest BCUT2D eigenvalue weighted by Gasteiger charge is -2.13. The molecule has 1 aromatic rings. The number of aryl methyl sites for hydroxylation is 1. The van der Waals surface area contributed by atoms with E-state index in [1.807, 2.05) is 19.1 Å². The van der Waals surface area contributed by atoms with Gasteiger partial charge in [-0.1, -0.05) is 23.7 Å². The van der Waals surface area contributed by atoms with Crippen molar-refractivity contribution in [1.29, 1.82) is 0 Å². The Morgan fingerprint density at radius 1 is 1.56 bits per heavy atom. The molecule has 0 saturated heterocycles. The summed E-state index contributed by atoms with van der Waals surface area (Å²) in [7, 11) is 1.62. The standard InChI is InChI=1S/C13H19ClN2O2/c1-9-5-3-7-11(12(9)14)16-13(17)10(15)6-4-8-18-2/h3,5,7,10H,4,6,8,15H2,1-2H3,(H,16,17). The fraction of sp³-hybridized carbons (Fsp3) is 0.462. The summed E-state index contributed by atoms with van der Waals surface area (Å²) in [6.45, 7) is 2.49. The summed E-state index contributed by atoms with van der Waals surface area (Å²) in [5, 5.41) is 3.29. The van der Waals surface area contributed by atoms with Crippen molar-refractivity contribution < 1.29 is 9.53 Å². The van der Waals surface area contributed by atoms with Gasteiger partial charge in [-0.25, -0.2) is 0 Å². The number of hydrogen-bond acceptors (Lipinski definition) is 3. The van der Waals surface area contributed by atoms with E-state index in [-0.39, 0.29) is 5.91 Å². The first-order valence-electron chi connectivity index (χ1n) is 5.86. The van der Waals surface area contributed by atoms with Gasteiger partial charge in [0.25, 0.3) is 0 Å². The van der Waals surface area contributed by atoms with Crippen LogP contribution in [0.1, 0.15) is 18.4 Å². The summed E-state index contributed by atoms with van der Waals surface area (Å²) in [6.07, 6.45) is 1.34. The summed E-state index contributed by atoms with van der Waals surface area (Å²) < 4.78 is 4.92. The minimum Gasteiger partial charge on any atom is -0.385 e. The van der Waals surface area contributed by atoms with Crippen molar-refractivity contribution in [2.75, 3.05) is 19.0 Å². The van der Waals surface area contributed by atoms with E-state index in [4.69, 9.17) is 22.1 Å². The first-order valence-corrected chi connectivity index (χ1v) is 6.24. The van der Waals surface area contributed by atoms with Crippen LogP contribution in [0.2, 0.25) is 5.02 Å². The third-order valence-electron chi connectivity index (χ3n) is 2.65. The van der Waals surface area contributed by atoms with Crippen LogP contribution in [0.5, 0.6) is 0 Å². The quantitative estimate of drug-likeness (QED) is 0.780. The summed E-state index contributed by atoms with van der Waals surface area (Å²) in [5.74, 6) is -0.224. The second-order valence-electron chi connectivity index (χ2n) is 4.17. The maximum atomic E-state index is 11.8. The van der Waals surface area contributed by atoms with Crippen LogP contribution >= 0.6 is 11.6 Å². The number of methoxy groups -OCH3 is 1. The van der Waals surface area contributed by atoms with E-state index >= 15 is 0 Å². The number of hydrogen-bond donors (Lipinski definition) is 2. The van der Waals surface area contributed by atoms with E-state index in [1.165, 1.54) is 0 Å². The summed E-state index contributed by atoms with van der Waals surface area (Å²) in [4.78, 5) is 11.8. The Morgan fingerprint density at radius 2 is 2.28 bits per heavy atom. The van der Waals surface area contributed by atoms with Gasteiger partial charge in [0.1, 0.15) is 0 Å². The van der Waals surface area contributed by atoms with Gasteiger partial charge in [0, 0.05) is 13.7 Å². The minimum atomic E-state index is -0.545. The first kappa shape index (κ1) is 15.0. The van der Waals surface area contributed by atoms with Crippen LogP contribution in [0.15, 0.2) is 18.2 Å². The Kier molecular flexibility index (Phi) is 6.12. The highest BCUT2D eigenvalue weighted by atomic mass is 35.5.